The van der Waals surface area contributed by atoms with Crippen LogP contribution in [0.3, 0.4) is 0 Å². The van der Waals surface area contributed by atoms with Crippen LogP contribution in [0, 0.1) is 0 Å². The first kappa shape index (κ1) is 59.1. The Morgan fingerprint density at radius 3 is 0.867 bits per heavy atom. The molecule has 0 aromatic heterocycles. The zero-order valence-corrected chi connectivity index (χ0v) is 48.3. The van der Waals surface area contributed by atoms with E-state index < -0.39 is 45.1 Å². The Labute approximate surface area is 446 Å². The number of hydrogen-bond donors (Lipinski definition) is 2. The lowest BCUT2D eigenvalue weighted by atomic mass is 9.79. The van der Waals surface area contributed by atoms with Crippen molar-refractivity contribution in [2.45, 2.75) is 130 Å². The predicted octanol–water partition coefficient (Wildman–Crippen LogP) is 8.28. The molecular formula is C58H80N2O13S2. The van der Waals surface area contributed by atoms with Gasteiger partial charge in [-0.2, -0.15) is 0 Å². The first-order valence-corrected chi connectivity index (χ1v) is 29.4. The molecular weight excluding hydrogens is 997 g/mol. The van der Waals surface area contributed by atoms with Gasteiger partial charge in [0.05, 0.1) is 52.2 Å². The second-order valence-electron chi connectivity index (χ2n) is 23.9. The second-order valence-corrected chi connectivity index (χ2v) is 27.4. The Morgan fingerprint density at radius 1 is 0.413 bits per heavy atom. The molecule has 4 aromatic rings. The smallest absolute Gasteiger partial charge is 0.271 e. The molecule has 0 fully saturated rings. The third-order valence-electron chi connectivity index (χ3n) is 12.9. The average molecular weight is 1080 g/mol. The van der Waals surface area contributed by atoms with Gasteiger partial charge >= 0.3 is 0 Å². The Balaban J connectivity index is 1.80. The van der Waals surface area contributed by atoms with Crippen molar-refractivity contribution < 1.29 is 59.6 Å². The molecule has 17 heteroatoms. The second kappa shape index (κ2) is 23.6. The fraction of sp³-hybridized carbons (Fsp3) is 0.552. The topological polar surface area (TPSA) is 191 Å². The lowest BCUT2D eigenvalue weighted by Gasteiger charge is -2.29. The number of hydrogen-bond acceptors (Lipinski definition) is 13. The van der Waals surface area contributed by atoms with Crippen LogP contribution >= 0.6 is 0 Å². The molecule has 0 spiro atoms. The SMILES string of the molecule is CC(C)(C)c1cc2c3c(c1)Cc1cc(C(C)(C)C)cc(c1OCC(=O)NS(C)(=O)=O)Cc1cc(C(C)(C)C)cc(c1OCCOCCOCCOCCO3)Cc1cc(C(C)(C)C)cc(c1OCC(=O)NS(C)(=O)=O)C2. The van der Waals surface area contributed by atoms with Crippen LogP contribution in [0.15, 0.2) is 48.5 Å². The number of amides is 2. The summed E-state index contributed by atoms with van der Waals surface area (Å²) in [4.78, 5) is 26.8. The number of benzene rings is 4. The highest BCUT2D eigenvalue weighted by atomic mass is 32.2. The van der Waals surface area contributed by atoms with E-state index in [1.165, 1.54) is 0 Å². The van der Waals surface area contributed by atoms with E-state index in [-0.39, 0.29) is 73.8 Å². The lowest BCUT2D eigenvalue weighted by molar-refractivity contribution is -0.122. The molecule has 2 N–H and O–H groups in total. The van der Waals surface area contributed by atoms with Gasteiger partial charge in [0.25, 0.3) is 11.8 Å². The van der Waals surface area contributed by atoms with E-state index in [1.54, 1.807) is 0 Å². The summed E-state index contributed by atoms with van der Waals surface area (Å²) in [6.07, 6.45) is 2.90. The third kappa shape index (κ3) is 16.9. The maximum absolute atomic E-state index is 13.4. The molecule has 75 heavy (non-hydrogen) atoms. The molecule has 0 radical (unpaired) electrons. The highest BCUT2D eigenvalue weighted by Crippen LogP contribution is 2.44. The molecule has 4 aromatic carbocycles. The van der Waals surface area contributed by atoms with Crippen LogP contribution in [-0.4, -0.2) is 107 Å². The number of carbonyl (C=O) groups excluding carboxylic acids is 2. The van der Waals surface area contributed by atoms with E-state index in [2.05, 4.69) is 141 Å². The van der Waals surface area contributed by atoms with E-state index in [4.69, 9.17) is 33.2 Å². The number of fused-ring (bicyclic) bond motifs is 2. The molecule has 2 aliphatic rings. The van der Waals surface area contributed by atoms with Crippen molar-refractivity contribution in [2.75, 3.05) is 78.6 Å². The normalized spacial score (nSPS) is 15.7. The van der Waals surface area contributed by atoms with Crippen molar-refractivity contribution in [1.82, 2.24) is 9.44 Å². The molecule has 1 aliphatic carbocycles. The number of carbonyl (C=O) groups is 2. The molecule has 0 saturated heterocycles. The highest BCUT2D eigenvalue weighted by Gasteiger charge is 2.30. The Bertz CT molecular complexity index is 2660. The van der Waals surface area contributed by atoms with E-state index in [0.29, 0.717) is 49.4 Å². The summed E-state index contributed by atoms with van der Waals surface area (Å²) in [5, 5.41) is 0. The molecule has 0 saturated carbocycles. The van der Waals surface area contributed by atoms with Crippen LogP contribution in [0.2, 0.25) is 0 Å². The van der Waals surface area contributed by atoms with Crippen molar-refractivity contribution in [3.63, 3.8) is 0 Å². The Morgan fingerprint density at radius 2 is 0.640 bits per heavy atom. The van der Waals surface area contributed by atoms with Crippen LogP contribution in [0.25, 0.3) is 0 Å². The number of sulfonamides is 2. The maximum Gasteiger partial charge on any atom is 0.271 e. The largest absolute Gasteiger partial charge is 0.491 e. The fourth-order valence-corrected chi connectivity index (χ4v) is 10.0. The van der Waals surface area contributed by atoms with Crippen molar-refractivity contribution in [3.05, 3.63) is 115 Å². The molecule has 0 unspecified atom stereocenters. The summed E-state index contributed by atoms with van der Waals surface area (Å²) in [6, 6.07) is 17.0. The fourth-order valence-electron chi connectivity index (χ4n) is 9.06. The minimum Gasteiger partial charge on any atom is -0.491 e. The highest BCUT2D eigenvalue weighted by molar-refractivity contribution is 7.89. The summed E-state index contributed by atoms with van der Waals surface area (Å²) < 4.78 is 98.4. The van der Waals surface area contributed by atoms with Crippen molar-refractivity contribution in [1.29, 1.82) is 0 Å². The van der Waals surface area contributed by atoms with Crippen LogP contribution < -0.4 is 28.4 Å². The van der Waals surface area contributed by atoms with Crippen LogP contribution in [0.4, 0.5) is 0 Å². The van der Waals surface area contributed by atoms with E-state index in [0.717, 1.165) is 79.3 Å². The van der Waals surface area contributed by atoms with Crippen LogP contribution in [-0.2, 0) is 91.2 Å². The van der Waals surface area contributed by atoms with Crippen molar-refractivity contribution >= 4 is 31.9 Å². The van der Waals surface area contributed by atoms with Gasteiger partial charge in [0.1, 0.15) is 36.2 Å². The quantitative estimate of drug-likeness (QED) is 0.151. The molecule has 412 valence electrons. The number of ether oxygens (including phenoxy) is 7. The first-order valence-electron chi connectivity index (χ1n) is 25.7. The van der Waals surface area contributed by atoms with Gasteiger partial charge in [0.15, 0.2) is 13.2 Å². The van der Waals surface area contributed by atoms with Gasteiger partial charge in [0.2, 0.25) is 20.0 Å². The summed E-state index contributed by atoms with van der Waals surface area (Å²) >= 11 is 0. The van der Waals surface area contributed by atoms with E-state index in [9.17, 15) is 26.4 Å². The third-order valence-corrected chi connectivity index (χ3v) is 14.1. The Kier molecular flexibility index (Phi) is 18.6. The zero-order valence-electron chi connectivity index (χ0n) is 46.6. The molecule has 6 rings (SSSR count). The summed E-state index contributed by atoms with van der Waals surface area (Å²) in [7, 11) is -7.80. The maximum atomic E-state index is 13.4. The lowest BCUT2D eigenvalue weighted by Crippen LogP contribution is -2.33. The first-order chi connectivity index (χ1) is 34.7. The van der Waals surface area contributed by atoms with Crippen molar-refractivity contribution in [3.8, 4) is 23.0 Å². The van der Waals surface area contributed by atoms with Gasteiger partial charge in [-0.25, -0.2) is 16.8 Å². The Hall–Kier alpha value is -5.20. The van der Waals surface area contributed by atoms with Gasteiger partial charge in [-0.3, -0.25) is 19.0 Å². The molecule has 2 amide bonds. The van der Waals surface area contributed by atoms with Crippen molar-refractivity contribution in [2.24, 2.45) is 0 Å². The molecule has 10 bridgehead atoms. The zero-order chi connectivity index (χ0) is 55.3. The van der Waals surface area contributed by atoms with Crippen LogP contribution in [0.1, 0.15) is 150 Å². The molecule has 15 nitrogen and oxygen atoms in total. The molecule has 1 heterocycles. The average Bonchev–Trinajstić information content (AvgIpc) is 3.25. The standard InChI is InChI=1S/C58H80N2O13S2/c1-55(2,3)45-27-37-23-41-31-47(57(7,8)9)33-43(53(41)72-35-49(61)59-74(13,63)64)25-39-29-46(56(4,5)6)30-40-26-44-34-48(58(10,11)12)32-42(54(44)73-36-50(62)60-75(14,65)66)24-38(28-45)51(37)70-21-19-68-17-15-67-16-18-69-20-22-71-52(39)40/h27-34H,15-26,35-36H2,1-14H3,(H,59,61)(H,60,62). The minimum atomic E-state index is -3.90. The van der Waals surface area contributed by atoms with E-state index >= 15 is 0 Å². The summed E-state index contributed by atoms with van der Waals surface area (Å²) in [5.74, 6) is 0.407. The monoisotopic (exact) mass is 1080 g/mol. The predicted molar refractivity (Wildman–Crippen MR) is 292 cm³/mol. The molecule has 1 aliphatic heterocycles. The van der Waals surface area contributed by atoms with Gasteiger partial charge in [-0.1, -0.05) is 132 Å². The number of rotatable bonds is 8. The number of nitrogens with one attached hydrogen (secondary N) is 2. The molecule has 0 atom stereocenters. The summed E-state index contributed by atoms with van der Waals surface area (Å²) in [5.41, 5.74) is 8.84. The van der Waals surface area contributed by atoms with E-state index in [1.807, 2.05) is 0 Å². The van der Waals surface area contributed by atoms with Gasteiger partial charge in [0, 0.05) is 25.7 Å². The summed E-state index contributed by atoms with van der Waals surface area (Å²) in [6.45, 7) is 26.8. The minimum absolute atomic E-state index is 0.177. The van der Waals surface area contributed by atoms with Gasteiger partial charge < -0.3 is 33.2 Å². The van der Waals surface area contributed by atoms with Crippen LogP contribution in [0.5, 0.6) is 23.0 Å². The van der Waals surface area contributed by atoms with Gasteiger partial charge in [-0.15, -0.1) is 0 Å². The van der Waals surface area contributed by atoms with Gasteiger partial charge in [-0.05, 0) is 88.4 Å².